The quantitative estimate of drug-likeness (QED) is 0.279. The molecule has 2 aromatic rings. The van der Waals surface area contributed by atoms with Crippen LogP contribution in [0.1, 0.15) is 0 Å². The molecule has 1 saturated heterocycles. The number of aromatic nitrogens is 4. The Morgan fingerprint density at radius 3 is 2.74 bits per heavy atom. The minimum Gasteiger partial charge on any atom is -0.387 e. The highest BCUT2D eigenvalue weighted by Crippen LogP contribution is 2.37. The molecule has 0 aromatic carbocycles. The number of fused-ring (bicyclic) bond motifs is 1. The van der Waals surface area contributed by atoms with Crippen molar-refractivity contribution in [3.8, 4) is 0 Å². The SMILES string of the molecule is Cn1nc(N)c(=O)c2c(N[C@@H]3O[C@H](COP(=O)(O)O)[C@@H](O)[C@H]3O)ncnc21. The monoisotopic (exact) mass is 404 g/mol. The highest BCUT2D eigenvalue weighted by molar-refractivity contribution is 7.46. The Balaban J connectivity index is 1.87. The maximum atomic E-state index is 12.3. The number of nitrogens with one attached hydrogen (secondary N) is 1. The molecule has 27 heavy (non-hydrogen) atoms. The van der Waals surface area contributed by atoms with Gasteiger partial charge in [-0.2, -0.15) is 0 Å². The summed E-state index contributed by atoms with van der Waals surface area (Å²) in [5.74, 6) is -0.314. The second kappa shape index (κ2) is 7.09. The lowest BCUT2D eigenvalue weighted by Gasteiger charge is -2.18. The molecule has 3 heterocycles. The zero-order valence-corrected chi connectivity index (χ0v) is 14.7. The van der Waals surface area contributed by atoms with Crippen molar-refractivity contribution in [2.45, 2.75) is 24.5 Å². The van der Waals surface area contributed by atoms with Crippen molar-refractivity contribution in [3.05, 3.63) is 16.6 Å². The molecule has 0 bridgehead atoms. The van der Waals surface area contributed by atoms with Crippen molar-refractivity contribution in [3.63, 3.8) is 0 Å². The van der Waals surface area contributed by atoms with E-state index >= 15 is 0 Å². The molecule has 2 aromatic heterocycles. The summed E-state index contributed by atoms with van der Waals surface area (Å²) in [6, 6.07) is 0. The Morgan fingerprint density at radius 2 is 2.07 bits per heavy atom. The molecule has 1 aliphatic rings. The third-order valence-electron chi connectivity index (χ3n) is 3.90. The van der Waals surface area contributed by atoms with Crippen molar-refractivity contribution in [2.75, 3.05) is 17.7 Å². The molecular weight excluding hydrogens is 387 g/mol. The topological polar surface area (TPSA) is 215 Å². The van der Waals surface area contributed by atoms with E-state index in [1.807, 2.05) is 0 Å². The summed E-state index contributed by atoms with van der Waals surface area (Å²) in [4.78, 5) is 37.7. The molecule has 0 amide bonds. The molecule has 1 fully saturated rings. The van der Waals surface area contributed by atoms with Gasteiger partial charge in [-0.1, -0.05) is 0 Å². The van der Waals surface area contributed by atoms with Crippen LogP contribution in [0.5, 0.6) is 0 Å². The normalized spacial score (nSPS) is 25.8. The summed E-state index contributed by atoms with van der Waals surface area (Å²) >= 11 is 0. The lowest BCUT2D eigenvalue weighted by atomic mass is 10.1. The van der Waals surface area contributed by atoms with E-state index in [1.54, 1.807) is 0 Å². The van der Waals surface area contributed by atoms with Crippen LogP contribution >= 0.6 is 7.82 Å². The summed E-state index contributed by atoms with van der Waals surface area (Å²) in [5, 5.41) is 26.6. The molecule has 3 rings (SSSR count). The second-order valence-electron chi connectivity index (χ2n) is 5.77. The number of nitrogen functional groups attached to an aromatic ring is 1. The van der Waals surface area contributed by atoms with E-state index in [4.69, 9.17) is 20.3 Å². The number of hydrogen-bond donors (Lipinski definition) is 6. The Kier molecular flexibility index (Phi) is 5.14. The molecule has 0 unspecified atom stereocenters. The molecule has 0 radical (unpaired) electrons. The first-order chi connectivity index (χ1) is 12.6. The lowest BCUT2D eigenvalue weighted by Crippen LogP contribution is -2.37. The average molecular weight is 404 g/mol. The summed E-state index contributed by atoms with van der Waals surface area (Å²) in [6.07, 6.45) is -4.33. The molecule has 1 aliphatic heterocycles. The van der Waals surface area contributed by atoms with Crippen LogP contribution in [-0.4, -0.2) is 70.9 Å². The van der Waals surface area contributed by atoms with E-state index in [2.05, 4.69) is 24.9 Å². The predicted octanol–water partition coefficient (Wildman–Crippen LogP) is -2.73. The van der Waals surface area contributed by atoms with Gasteiger partial charge in [0.2, 0.25) is 5.43 Å². The van der Waals surface area contributed by atoms with Crippen LogP contribution in [0.15, 0.2) is 11.1 Å². The standard InChI is InChI=1S/C12H17N6O8P/c1-18-11-5(7(20)9(13)17-18)10(14-3-15-11)16-12-8(21)6(19)4(26-12)2-25-27(22,23)24/h3-4,6,8,12,19,21H,2H2,1H3,(H2,13,17)(H,14,15,16)(H2,22,23,24)/t4-,6-,8-,12-/m1/s1. The smallest absolute Gasteiger partial charge is 0.387 e. The number of nitrogens with two attached hydrogens (primary N) is 1. The van der Waals surface area contributed by atoms with E-state index in [9.17, 15) is 19.6 Å². The van der Waals surface area contributed by atoms with Gasteiger partial charge in [-0.05, 0) is 0 Å². The first-order valence-corrected chi connectivity index (χ1v) is 9.07. The molecule has 0 spiro atoms. The number of ether oxygens (including phenoxy) is 1. The maximum absolute atomic E-state index is 12.3. The summed E-state index contributed by atoms with van der Waals surface area (Å²) in [6.45, 7) is -0.663. The highest BCUT2D eigenvalue weighted by atomic mass is 31.2. The summed E-state index contributed by atoms with van der Waals surface area (Å²) in [5.41, 5.74) is 5.11. The van der Waals surface area contributed by atoms with Gasteiger partial charge in [-0.15, -0.1) is 5.10 Å². The van der Waals surface area contributed by atoms with Crippen LogP contribution in [0.25, 0.3) is 11.0 Å². The van der Waals surface area contributed by atoms with Gasteiger partial charge in [0.05, 0.1) is 6.61 Å². The minimum atomic E-state index is -4.78. The minimum absolute atomic E-state index is 0.00675. The third-order valence-corrected chi connectivity index (χ3v) is 4.39. The zero-order valence-electron chi connectivity index (χ0n) is 13.8. The van der Waals surface area contributed by atoms with Crippen LogP contribution in [0, 0.1) is 0 Å². The van der Waals surface area contributed by atoms with E-state index in [0.717, 1.165) is 6.33 Å². The molecule has 148 valence electrons. The van der Waals surface area contributed by atoms with E-state index in [0.29, 0.717) is 0 Å². The average Bonchev–Trinajstić information content (AvgIpc) is 2.85. The van der Waals surface area contributed by atoms with Crippen molar-refractivity contribution >= 4 is 30.5 Å². The van der Waals surface area contributed by atoms with Crippen molar-refractivity contribution in [1.29, 1.82) is 0 Å². The Morgan fingerprint density at radius 1 is 1.37 bits per heavy atom. The van der Waals surface area contributed by atoms with E-state index < -0.39 is 44.4 Å². The van der Waals surface area contributed by atoms with Gasteiger partial charge in [0.1, 0.15) is 35.8 Å². The fourth-order valence-corrected chi connectivity index (χ4v) is 2.97. The Bertz CT molecular complexity index is 963. The first kappa shape index (κ1) is 19.6. The predicted molar refractivity (Wildman–Crippen MR) is 89.3 cm³/mol. The van der Waals surface area contributed by atoms with Crippen LogP contribution in [0.2, 0.25) is 0 Å². The fraction of sp³-hybridized carbons (Fsp3) is 0.500. The van der Waals surface area contributed by atoms with Gasteiger partial charge < -0.3 is 35.8 Å². The Labute approximate surface area is 150 Å². The fourth-order valence-electron chi connectivity index (χ4n) is 2.63. The van der Waals surface area contributed by atoms with Crippen LogP contribution in [0.4, 0.5) is 11.6 Å². The number of aliphatic hydroxyl groups excluding tert-OH is 2. The molecule has 15 heteroatoms. The number of aryl methyl sites for hydroxylation is 1. The second-order valence-corrected chi connectivity index (χ2v) is 7.01. The van der Waals surface area contributed by atoms with Crippen molar-refractivity contribution in [2.24, 2.45) is 7.05 Å². The van der Waals surface area contributed by atoms with Gasteiger partial charge in [-0.25, -0.2) is 19.2 Å². The molecule has 0 saturated carbocycles. The van der Waals surface area contributed by atoms with Gasteiger partial charge >= 0.3 is 7.82 Å². The van der Waals surface area contributed by atoms with Crippen LogP contribution < -0.4 is 16.5 Å². The number of nitrogens with zero attached hydrogens (tertiary/aromatic N) is 4. The number of phosphoric ester groups is 1. The first-order valence-electron chi connectivity index (χ1n) is 7.54. The van der Waals surface area contributed by atoms with Crippen molar-refractivity contribution in [1.82, 2.24) is 19.7 Å². The van der Waals surface area contributed by atoms with E-state index in [1.165, 1.54) is 11.7 Å². The summed E-state index contributed by atoms with van der Waals surface area (Å²) < 4.78 is 21.7. The van der Waals surface area contributed by atoms with E-state index in [-0.39, 0.29) is 22.7 Å². The number of anilines is 2. The Hall–Kier alpha value is -2.19. The number of aliphatic hydroxyl groups is 2. The van der Waals surface area contributed by atoms with Crippen LogP contribution in [-0.2, 0) is 20.9 Å². The molecular formula is C12H17N6O8P. The lowest BCUT2D eigenvalue weighted by molar-refractivity contribution is -0.0151. The number of hydrogen-bond acceptors (Lipinski definition) is 11. The molecule has 7 N–H and O–H groups in total. The van der Waals surface area contributed by atoms with Gasteiger partial charge in [0.15, 0.2) is 17.7 Å². The molecule has 4 atom stereocenters. The zero-order chi connectivity index (χ0) is 19.9. The largest absolute Gasteiger partial charge is 0.469 e. The van der Waals surface area contributed by atoms with Crippen LogP contribution in [0.3, 0.4) is 0 Å². The summed E-state index contributed by atoms with van der Waals surface area (Å²) in [7, 11) is -3.26. The van der Waals surface area contributed by atoms with Gasteiger partial charge in [-0.3, -0.25) is 9.32 Å². The van der Waals surface area contributed by atoms with Gasteiger partial charge in [0.25, 0.3) is 0 Å². The maximum Gasteiger partial charge on any atom is 0.469 e. The molecule has 14 nitrogen and oxygen atoms in total. The van der Waals surface area contributed by atoms with Gasteiger partial charge in [0, 0.05) is 7.05 Å². The highest BCUT2D eigenvalue weighted by Gasteiger charge is 2.44. The van der Waals surface area contributed by atoms with Crippen molar-refractivity contribution < 1.29 is 33.8 Å². The molecule has 0 aliphatic carbocycles. The number of phosphoric acid groups is 1. The third kappa shape index (κ3) is 3.91. The number of rotatable bonds is 5.